The molecule has 1 amide bonds. The molecule has 0 atom stereocenters. The summed E-state index contributed by atoms with van der Waals surface area (Å²) < 4.78 is 32.2. The number of amides is 1. The fraction of sp³-hybridized carbons (Fsp3) is 0.588. The number of sulfonamides is 1. The molecule has 1 aliphatic heterocycles. The highest BCUT2D eigenvalue weighted by molar-refractivity contribution is 7.89. The van der Waals surface area contributed by atoms with Crippen LogP contribution in [0.25, 0.3) is 0 Å². The minimum atomic E-state index is -3.52. The number of nitrogens with zero attached hydrogens (tertiary/aromatic N) is 1. The summed E-state index contributed by atoms with van der Waals surface area (Å²) >= 11 is 0. The summed E-state index contributed by atoms with van der Waals surface area (Å²) in [4.78, 5) is 14.5. The number of hydrogen-bond acceptors (Lipinski definition) is 4. The molecule has 1 fully saturated rings. The molecule has 0 bridgehead atoms. The van der Waals surface area contributed by atoms with E-state index in [2.05, 4.69) is 4.72 Å². The van der Waals surface area contributed by atoms with E-state index in [4.69, 9.17) is 4.74 Å². The molecule has 132 valence electrons. The highest BCUT2D eigenvalue weighted by Crippen LogP contribution is 2.35. The molecule has 0 unspecified atom stereocenters. The Morgan fingerprint density at radius 2 is 2.17 bits per heavy atom. The summed E-state index contributed by atoms with van der Waals surface area (Å²) in [5.74, 6) is 0.343. The molecule has 1 N–H and O–H groups in total. The number of carbonyl (C=O) groups is 1. The predicted molar refractivity (Wildman–Crippen MR) is 91.5 cm³/mol. The van der Waals surface area contributed by atoms with E-state index in [1.165, 1.54) is 0 Å². The third-order valence-corrected chi connectivity index (χ3v) is 6.25. The maximum Gasteiger partial charge on any atom is 0.240 e. The second-order valence-electron chi connectivity index (χ2n) is 6.40. The smallest absolute Gasteiger partial charge is 0.240 e. The third kappa shape index (κ3) is 3.48. The van der Waals surface area contributed by atoms with Crippen LogP contribution < -0.4 is 9.62 Å². The van der Waals surface area contributed by atoms with E-state index in [1.807, 2.05) is 4.90 Å². The van der Waals surface area contributed by atoms with Gasteiger partial charge in [-0.2, -0.15) is 0 Å². The molecule has 2 aliphatic rings. The van der Waals surface area contributed by atoms with E-state index in [9.17, 15) is 13.2 Å². The minimum Gasteiger partial charge on any atom is -0.385 e. The van der Waals surface area contributed by atoms with Crippen molar-refractivity contribution in [1.82, 2.24) is 4.72 Å². The zero-order valence-electron chi connectivity index (χ0n) is 14.0. The number of nitrogens with one attached hydrogen (secondary N) is 1. The third-order valence-electron chi connectivity index (χ3n) is 4.79. The molecule has 1 aliphatic carbocycles. The zero-order chi connectivity index (χ0) is 17.2. The molecule has 24 heavy (non-hydrogen) atoms. The van der Waals surface area contributed by atoms with E-state index < -0.39 is 10.0 Å². The predicted octanol–water partition coefficient (Wildman–Crippen LogP) is 1.69. The van der Waals surface area contributed by atoms with Crippen LogP contribution in [0.5, 0.6) is 0 Å². The Balaban J connectivity index is 1.71. The molecule has 3 rings (SSSR count). The number of methoxy groups -OCH3 is 1. The zero-order valence-corrected chi connectivity index (χ0v) is 14.8. The molecule has 0 spiro atoms. The van der Waals surface area contributed by atoms with Crippen molar-refractivity contribution in [2.24, 2.45) is 5.92 Å². The first-order valence-corrected chi connectivity index (χ1v) is 9.94. The summed E-state index contributed by atoms with van der Waals surface area (Å²) in [6.07, 6.45) is 4.42. The number of anilines is 1. The van der Waals surface area contributed by atoms with Gasteiger partial charge in [0.1, 0.15) is 0 Å². The van der Waals surface area contributed by atoms with Crippen LogP contribution in [-0.2, 0) is 26.0 Å². The number of carbonyl (C=O) groups excluding carboxylic acids is 1. The normalized spacial score (nSPS) is 17.6. The number of benzene rings is 1. The van der Waals surface area contributed by atoms with Gasteiger partial charge in [0, 0.05) is 38.4 Å². The van der Waals surface area contributed by atoms with Gasteiger partial charge < -0.3 is 9.64 Å². The molecule has 1 aromatic carbocycles. The maximum absolute atomic E-state index is 12.5. The van der Waals surface area contributed by atoms with Crippen LogP contribution in [0.2, 0.25) is 0 Å². The number of hydrogen-bond donors (Lipinski definition) is 1. The van der Waals surface area contributed by atoms with Crippen LogP contribution in [0.1, 0.15) is 31.2 Å². The molecular formula is C17H24N2O4S. The van der Waals surface area contributed by atoms with Crippen molar-refractivity contribution in [2.75, 3.05) is 31.7 Å². The van der Waals surface area contributed by atoms with Crippen LogP contribution in [0.3, 0.4) is 0 Å². The highest BCUT2D eigenvalue weighted by Gasteiger charge is 2.33. The van der Waals surface area contributed by atoms with Crippen LogP contribution in [0.4, 0.5) is 5.69 Å². The highest BCUT2D eigenvalue weighted by atomic mass is 32.2. The largest absolute Gasteiger partial charge is 0.385 e. The molecule has 0 radical (unpaired) electrons. The fourth-order valence-electron chi connectivity index (χ4n) is 3.16. The second kappa shape index (κ2) is 7.21. The first kappa shape index (κ1) is 17.4. The summed E-state index contributed by atoms with van der Waals surface area (Å²) in [7, 11) is -1.93. The van der Waals surface area contributed by atoms with Gasteiger partial charge in [-0.3, -0.25) is 4.79 Å². The first-order chi connectivity index (χ1) is 11.5. The first-order valence-electron chi connectivity index (χ1n) is 8.46. The lowest BCUT2D eigenvalue weighted by Gasteiger charge is -2.29. The van der Waals surface area contributed by atoms with Crippen molar-refractivity contribution >= 4 is 21.6 Å². The van der Waals surface area contributed by atoms with Crippen LogP contribution in [0, 0.1) is 5.92 Å². The van der Waals surface area contributed by atoms with Gasteiger partial charge in [-0.05, 0) is 49.4 Å². The average molecular weight is 352 g/mol. The van der Waals surface area contributed by atoms with Crippen LogP contribution in [0.15, 0.2) is 23.1 Å². The topological polar surface area (TPSA) is 75.7 Å². The Morgan fingerprint density at radius 1 is 1.38 bits per heavy atom. The van der Waals surface area contributed by atoms with Crippen molar-refractivity contribution < 1.29 is 17.9 Å². The molecule has 1 heterocycles. The van der Waals surface area contributed by atoms with Gasteiger partial charge in [-0.1, -0.05) is 6.42 Å². The quantitative estimate of drug-likeness (QED) is 0.758. The van der Waals surface area contributed by atoms with Gasteiger partial charge >= 0.3 is 0 Å². The Hall–Kier alpha value is -1.44. The summed E-state index contributed by atoms with van der Waals surface area (Å²) in [5.41, 5.74) is 1.80. The maximum atomic E-state index is 12.5. The molecule has 1 aromatic rings. The molecule has 7 heteroatoms. The lowest BCUT2D eigenvalue weighted by molar-refractivity contribution is -0.124. The van der Waals surface area contributed by atoms with Gasteiger partial charge in [0.2, 0.25) is 15.9 Å². The minimum absolute atomic E-state index is 0.154. The van der Waals surface area contributed by atoms with Crippen molar-refractivity contribution in [1.29, 1.82) is 0 Å². The molecule has 1 saturated carbocycles. The van der Waals surface area contributed by atoms with E-state index >= 15 is 0 Å². The Kier molecular flexibility index (Phi) is 5.22. The van der Waals surface area contributed by atoms with Crippen molar-refractivity contribution in [3.63, 3.8) is 0 Å². The van der Waals surface area contributed by atoms with Crippen LogP contribution >= 0.6 is 0 Å². The van der Waals surface area contributed by atoms with Crippen LogP contribution in [-0.4, -0.2) is 41.1 Å². The molecule has 0 aromatic heterocycles. The standard InChI is InChI=1S/C17H24N2O4S/c1-23-11-3-9-18-24(21,22)15-6-7-16-14(12-15)8-10-19(16)17(20)13-4-2-5-13/h6-7,12-13,18H,2-5,8-11H2,1H3. The Morgan fingerprint density at radius 3 is 2.83 bits per heavy atom. The second-order valence-corrected chi connectivity index (χ2v) is 8.17. The SMILES string of the molecule is COCCCNS(=O)(=O)c1ccc2c(c1)CCN2C(=O)C1CCC1. The summed E-state index contributed by atoms with van der Waals surface area (Å²) in [6.45, 7) is 1.51. The summed E-state index contributed by atoms with van der Waals surface area (Å²) in [6, 6.07) is 5.05. The monoisotopic (exact) mass is 352 g/mol. The van der Waals surface area contributed by atoms with E-state index in [0.717, 1.165) is 30.5 Å². The van der Waals surface area contributed by atoms with Crippen molar-refractivity contribution in [3.05, 3.63) is 23.8 Å². The lowest BCUT2D eigenvalue weighted by atomic mass is 9.84. The van der Waals surface area contributed by atoms with Gasteiger partial charge in [0.15, 0.2) is 0 Å². The number of fused-ring (bicyclic) bond motifs is 1. The van der Waals surface area contributed by atoms with Gasteiger partial charge in [-0.25, -0.2) is 13.1 Å². The average Bonchev–Trinajstić information content (AvgIpc) is 2.93. The molecule has 6 nitrogen and oxygen atoms in total. The number of rotatable bonds is 7. The van der Waals surface area contributed by atoms with Crippen molar-refractivity contribution in [3.8, 4) is 0 Å². The van der Waals surface area contributed by atoms with Gasteiger partial charge in [0.25, 0.3) is 0 Å². The fourth-order valence-corrected chi connectivity index (χ4v) is 4.28. The lowest BCUT2D eigenvalue weighted by Crippen LogP contribution is -2.37. The van der Waals surface area contributed by atoms with Gasteiger partial charge in [0.05, 0.1) is 4.90 Å². The van der Waals surface area contributed by atoms with E-state index in [1.54, 1.807) is 25.3 Å². The van der Waals surface area contributed by atoms with Gasteiger partial charge in [-0.15, -0.1) is 0 Å². The van der Waals surface area contributed by atoms with E-state index in [0.29, 0.717) is 32.5 Å². The Labute approximate surface area is 143 Å². The van der Waals surface area contributed by atoms with E-state index in [-0.39, 0.29) is 16.7 Å². The molecular weight excluding hydrogens is 328 g/mol. The van der Waals surface area contributed by atoms with Crippen molar-refractivity contribution in [2.45, 2.75) is 37.0 Å². The number of ether oxygens (including phenoxy) is 1. The molecule has 0 saturated heterocycles. The summed E-state index contributed by atoms with van der Waals surface area (Å²) in [5, 5.41) is 0. The Bertz CT molecular complexity index is 713.